The molecule has 38 heavy (non-hydrogen) atoms. The molecule has 10 nitrogen and oxygen atoms in total. The first-order valence-electron chi connectivity index (χ1n) is 12.6. The van der Waals surface area contributed by atoms with Gasteiger partial charge in [0, 0.05) is 82.3 Å². The van der Waals surface area contributed by atoms with Crippen molar-refractivity contribution in [3.05, 3.63) is 73.6 Å². The maximum absolute atomic E-state index is 13.2. The van der Waals surface area contributed by atoms with Crippen molar-refractivity contribution in [1.82, 2.24) is 33.7 Å². The number of piperidine rings is 1. The van der Waals surface area contributed by atoms with Crippen LogP contribution in [0.3, 0.4) is 0 Å². The van der Waals surface area contributed by atoms with Crippen molar-refractivity contribution in [2.24, 2.45) is 13.0 Å². The highest BCUT2D eigenvalue weighted by Gasteiger charge is 2.40. The summed E-state index contributed by atoms with van der Waals surface area (Å²) in [5, 5.41) is 17.7. The van der Waals surface area contributed by atoms with E-state index in [0.717, 1.165) is 35.5 Å². The van der Waals surface area contributed by atoms with Crippen LogP contribution in [-0.2, 0) is 45.9 Å². The molecule has 3 aromatic rings. The predicted molar refractivity (Wildman–Crippen MR) is 129 cm³/mol. The summed E-state index contributed by atoms with van der Waals surface area (Å²) in [6.07, 6.45) is -3.55. The van der Waals surface area contributed by atoms with Crippen LogP contribution in [0.1, 0.15) is 41.1 Å². The average molecular weight is 532 g/mol. The zero-order chi connectivity index (χ0) is 26.8. The summed E-state index contributed by atoms with van der Waals surface area (Å²) in [6.45, 7) is 3.39. The maximum Gasteiger partial charge on any atom is 0.451 e. The minimum absolute atomic E-state index is 0.0295. The SMILES string of the molecule is Cn1c(CN2CC3C[C@H](C2)Cn2c3cccc2=O)cc(=O)c(O)c1CN1CCn2c(nnc2C(F)(F)F)C1. The second-order valence-corrected chi connectivity index (χ2v) is 10.5. The lowest BCUT2D eigenvalue weighted by molar-refractivity contribution is -0.148. The zero-order valence-electron chi connectivity index (χ0n) is 20.9. The zero-order valence-corrected chi connectivity index (χ0v) is 20.9. The number of aromatic hydroxyl groups is 1. The van der Waals surface area contributed by atoms with Crippen LogP contribution < -0.4 is 11.0 Å². The molecule has 202 valence electrons. The van der Waals surface area contributed by atoms with Crippen LogP contribution in [0, 0.1) is 5.92 Å². The topological polar surface area (TPSA) is 101 Å². The Labute approximate surface area is 215 Å². The molecule has 13 heteroatoms. The van der Waals surface area contributed by atoms with Gasteiger partial charge >= 0.3 is 6.18 Å². The number of likely N-dealkylation sites (tertiary alicyclic amines) is 1. The van der Waals surface area contributed by atoms with Crippen molar-refractivity contribution >= 4 is 0 Å². The number of aromatic nitrogens is 5. The first-order valence-corrected chi connectivity index (χ1v) is 12.6. The number of pyridine rings is 2. The van der Waals surface area contributed by atoms with Crippen LogP contribution in [0.15, 0.2) is 33.9 Å². The normalized spacial score (nSPS) is 21.8. The molecule has 3 aliphatic heterocycles. The van der Waals surface area contributed by atoms with Crippen molar-refractivity contribution in [3.8, 4) is 5.75 Å². The lowest BCUT2D eigenvalue weighted by atomic mass is 9.83. The number of alkyl halides is 3. The van der Waals surface area contributed by atoms with Crippen molar-refractivity contribution < 1.29 is 18.3 Å². The van der Waals surface area contributed by atoms with Gasteiger partial charge in [0.1, 0.15) is 5.82 Å². The van der Waals surface area contributed by atoms with Gasteiger partial charge in [0.25, 0.3) is 5.56 Å². The molecular weight excluding hydrogens is 503 g/mol. The molecule has 1 unspecified atom stereocenters. The summed E-state index contributed by atoms with van der Waals surface area (Å²) in [4.78, 5) is 29.2. The van der Waals surface area contributed by atoms with E-state index in [-0.39, 0.29) is 42.7 Å². The van der Waals surface area contributed by atoms with Crippen LogP contribution in [0.25, 0.3) is 0 Å². The highest BCUT2D eigenvalue weighted by Crippen LogP contribution is 2.35. The van der Waals surface area contributed by atoms with Crippen LogP contribution in [0.2, 0.25) is 0 Å². The number of halogens is 3. The van der Waals surface area contributed by atoms with Gasteiger partial charge in [-0.05, 0) is 18.4 Å². The summed E-state index contributed by atoms with van der Waals surface area (Å²) in [7, 11) is 1.79. The third-order valence-electron chi connectivity index (χ3n) is 8.04. The van der Waals surface area contributed by atoms with Crippen molar-refractivity contribution in [3.63, 3.8) is 0 Å². The van der Waals surface area contributed by atoms with Crippen LogP contribution in [-0.4, -0.2) is 58.4 Å². The minimum Gasteiger partial charge on any atom is -0.503 e. The van der Waals surface area contributed by atoms with E-state index in [9.17, 15) is 27.9 Å². The molecule has 0 aliphatic carbocycles. The molecule has 0 amide bonds. The third kappa shape index (κ3) is 4.33. The van der Waals surface area contributed by atoms with E-state index < -0.39 is 17.4 Å². The molecule has 0 aromatic carbocycles. The van der Waals surface area contributed by atoms with E-state index in [1.165, 1.54) is 6.07 Å². The molecule has 0 saturated carbocycles. The molecule has 1 saturated heterocycles. The largest absolute Gasteiger partial charge is 0.503 e. The first-order chi connectivity index (χ1) is 18.1. The molecule has 2 bridgehead atoms. The van der Waals surface area contributed by atoms with Gasteiger partial charge in [-0.25, -0.2) is 0 Å². The standard InChI is InChI=1S/C25H28F3N7O3/c1-31-17(12-33-9-15-7-16(11-33)18-3-2-4-22(37)35(18)10-15)8-20(36)23(38)19(31)13-32-5-6-34-21(14-32)29-30-24(34)25(26,27)28/h2-4,8,15-16,38H,5-7,9-14H2,1H3/t15-,16?/m1/s1. The number of nitrogens with zero attached hydrogens (tertiary/aromatic N) is 7. The molecule has 1 fully saturated rings. The Balaban J connectivity index is 1.21. The molecule has 3 aliphatic rings. The van der Waals surface area contributed by atoms with Crippen molar-refractivity contribution in [1.29, 1.82) is 0 Å². The predicted octanol–water partition coefficient (Wildman–Crippen LogP) is 1.50. The van der Waals surface area contributed by atoms with Gasteiger partial charge in [-0.3, -0.25) is 19.4 Å². The van der Waals surface area contributed by atoms with Gasteiger partial charge in [0.15, 0.2) is 5.75 Å². The van der Waals surface area contributed by atoms with Crippen molar-refractivity contribution in [2.75, 3.05) is 19.6 Å². The fraction of sp³-hybridized carbons (Fsp3) is 0.520. The van der Waals surface area contributed by atoms with Gasteiger partial charge in [-0.2, -0.15) is 13.2 Å². The van der Waals surface area contributed by atoms with E-state index >= 15 is 0 Å². The maximum atomic E-state index is 13.2. The Kier molecular flexibility index (Phi) is 5.94. The lowest BCUT2D eigenvalue weighted by Crippen LogP contribution is -2.47. The molecular formula is C25H28F3N7O3. The van der Waals surface area contributed by atoms with E-state index in [1.807, 2.05) is 15.5 Å². The molecule has 1 N–H and O–H groups in total. The van der Waals surface area contributed by atoms with Crippen molar-refractivity contribution in [2.45, 2.75) is 51.2 Å². The molecule has 6 heterocycles. The third-order valence-corrected chi connectivity index (χ3v) is 8.04. The summed E-state index contributed by atoms with van der Waals surface area (Å²) in [5.74, 6) is -0.602. The molecule has 3 aromatic heterocycles. The number of fused-ring (bicyclic) bond motifs is 5. The fourth-order valence-electron chi connectivity index (χ4n) is 6.24. The van der Waals surface area contributed by atoms with Crippen LogP contribution in [0.4, 0.5) is 13.2 Å². The van der Waals surface area contributed by atoms with E-state index in [0.29, 0.717) is 31.2 Å². The van der Waals surface area contributed by atoms with E-state index in [2.05, 4.69) is 15.1 Å². The highest BCUT2D eigenvalue weighted by atomic mass is 19.4. The monoisotopic (exact) mass is 531 g/mol. The number of hydrogen-bond acceptors (Lipinski definition) is 7. The summed E-state index contributed by atoms with van der Waals surface area (Å²) in [5.41, 5.74) is 1.74. The smallest absolute Gasteiger partial charge is 0.451 e. The first kappa shape index (κ1) is 24.9. The number of hydrogen-bond donors (Lipinski definition) is 1. The average Bonchev–Trinajstić information content (AvgIpc) is 3.30. The summed E-state index contributed by atoms with van der Waals surface area (Å²) in [6, 6.07) is 6.86. The highest BCUT2D eigenvalue weighted by molar-refractivity contribution is 5.30. The van der Waals surface area contributed by atoms with Gasteiger partial charge < -0.3 is 18.8 Å². The van der Waals surface area contributed by atoms with Gasteiger partial charge in [-0.15, -0.1) is 10.2 Å². The van der Waals surface area contributed by atoms with Gasteiger partial charge in [0.2, 0.25) is 11.3 Å². The molecule has 6 rings (SSSR count). The quantitative estimate of drug-likeness (QED) is 0.545. The summed E-state index contributed by atoms with van der Waals surface area (Å²) >= 11 is 0. The Hall–Kier alpha value is -3.45. The fourth-order valence-corrected chi connectivity index (χ4v) is 6.24. The Morgan fingerprint density at radius 3 is 2.63 bits per heavy atom. The summed E-state index contributed by atoms with van der Waals surface area (Å²) < 4.78 is 44.3. The number of rotatable bonds is 4. The second kappa shape index (κ2) is 9.09. The second-order valence-electron chi connectivity index (χ2n) is 10.5. The van der Waals surface area contributed by atoms with Crippen LogP contribution in [0.5, 0.6) is 5.75 Å². The minimum atomic E-state index is -4.57. The van der Waals surface area contributed by atoms with E-state index in [4.69, 9.17) is 0 Å². The van der Waals surface area contributed by atoms with Gasteiger partial charge in [-0.1, -0.05) is 6.07 Å². The molecule has 0 spiro atoms. The van der Waals surface area contributed by atoms with E-state index in [1.54, 1.807) is 23.7 Å². The Morgan fingerprint density at radius 1 is 1.03 bits per heavy atom. The Bertz CT molecular complexity index is 1510. The molecule has 0 radical (unpaired) electrons. The van der Waals surface area contributed by atoms with Crippen LogP contribution >= 0.6 is 0 Å². The lowest BCUT2D eigenvalue weighted by Gasteiger charge is -2.43. The molecule has 2 atom stereocenters. The van der Waals surface area contributed by atoms with Gasteiger partial charge in [0.05, 0.1) is 12.2 Å². The Morgan fingerprint density at radius 2 is 1.84 bits per heavy atom.